The van der Waals surface area contributed by atoms with Crippen LogP contribution in [0.5, 0.6) is 0 Å². The molecule has 0 rings (SSSR count). The first-order valence-electron chi connectivity index (χ1n) is 19.4. The van der Waals surface area contributed by atoms with Gasteiger partial charge in [0, 0.05) is 0 Å². The molecule has 0 aromatic heterocycles. The highest BCUT2D eigenvalue weighted by molar-refractivity contribution is 4.58. The monoisotopic (exact) mass is 601 g/mol. The van der Waals surface area contributed by atoms with Crippen LogP contribution in [0.15, 0.2) is 0 Å². The van der Waals surface area contributed by atoms with Gasteiger partial charge in [-0.3, -0.25) is 0 Å². The lowest BCUT2D eigenvalue weighted by molar-refractivity contribution is 0.373. The molecular formula is C42H96. The lowest BCUT2D eigenvalue weighted by Crippen LogP contribution is -2.02. The van der Waals surface area contributed by atoms with Gasteiger partial charge >= 0.3 is 0 Å². The van der Waals surface area contributed by atoms with Gasteiger partial charge in [0.2, 0.25) is 0 Å². The van der Waals surface area contributed by atoms with Gasteiger partial charge in [-0.15, -0.1) is 0 Å². The van der Waals surface area contributed by atoms with E-state index in [2.05, 4.69) is 138 Å². The maximum atomic E-state index is 2.31. The maximum Gasteiger partial charge on any atom is -0.0383 e. The molecule has 0 spiro atoms. The van der Waals surface area contributed by atoms with Crippen LogP contribution < -0.4 is 0 Å². The minimum atomic E-state index is 0.550. The molecule has 0 saturated heterocycles. The number of rotatable bonds is 15. The van der Waals surface area contributed by atoms with Crippen LogP contribution in [0.1, 0.15) is 235 Å². The minimum absolute atomic E-state index is 0.550. The van der Waals surface area contributed by atoms with Crippen LogP contribution in [0.3, 0.4) is 0 Å². The van der Waals surface area contributed by atoms with E-state index in [4.69, 9.17) is 0 Å². The van der Waals surface area contributed by atoms with Gasteiger partial charge < -0.3 is 0 Å². The summed E-state index contributed by atoms with van der Waals surface area (Å²) in [6.45, 7) is 45.3. The summed E-state index contributed by atoms with van der Waals surface area (Å²) in [5.41, 5.74) is 0.550. The van der Waals surface area contributed by atoms with Crippen LogP contribution in [0.2, 0.25) is 0 Å². The number of hydrogen-bond acceptors (Lipinski definition) is 0. The first-order chi connectivity index (χ1) is 19.4. The molecule has 0 bridgehead atoms. The summed E-state index contributed by atoms with van der Waals surface area (Å²) in [6, 6.07) is 0. The predicted molar refractivity (Wildman–Crippen MR) is 206 cm³/mol. The SMILES string of the molecule is CC(C)CC(C)C.CCC(C)C(C)C.CCCC(C)(C)C.CCCC(C)CC.CCCCC(C)C.CCCCCCC. The number of unbranched alkanes of at least 4 members (excludes halogenated alkanes) is 5. The Labute approximate surface area is 275 Å². The van der Waals surface area contributed by atoms with Gasteiger partial charge in [-0.25, -0.2) is 0 Å². The van der Waals surface area contributed by atoms with E-state index in [1.807, 2.05) is 0 Å². The molecule has 264 valence electrons. The Hall–Kier alpha value is 0. The molecular weight excluding hydrogens is 504 g/mol. The molecule has 42 heavy (non-hydrogen) atoms. The Morgan fingerprint density at radius 1 is 0.429 bits per heavy atom. The fourth-order valence-corrected chi connectivity index (χ4v) is 4.15. The molecule has 0 aliphatic carbocycles. The maximum absolute atomic E-state index is 2.31. The van der Waals surface area contributed by atoms with Gasteiger partial charge in [-0.2, -0.15) is 0 Å². The Kier molecular flexibility index (Phi) is 55.9. The van der Waals surface area contributed by atoms with E-state index in [0.29, 0.717) is 5.41 Å². The van der Waals surface area contributed by atoms with Crippen molar-refractivity contribution in [1.82, 2.24) is 0 Å². The van der Waals surface area contributed by atoms with Crippen molar-refractivity contribution < 1.29 is 0 Å². The van der Waals surface area contributed by atoms with Crippen LogP contribution in [-0.2, 0) is 0 Å². The molecule has 0 aliphatic heterocycles. The standard InChI is InChI=1S/6C7H16/c1-6(2)5-7(3)4;1-5-6-7(2,3)4;1-5-7(4)6(2)3;1-4-5-6-7(2)3;1-4-6-7(3)5-2;1-3-5-7-6-4-2/h6-7H,5H2,1-4H3;5-6H2,1-4H3;6-7H,5H2,1-4H3;2*7H,4-6H2,1-3H3;3-7H2,1-2H3. The van der Waals surface area contributed by atoms with Gasteiger partial charge in [0.15, 0.2) is 0 Å². The second kappa shape index (κ2) is 43.1. The second-order valence-electron chi connectivity index (χ2n) is 15.9. The van der Waals surface area contributed by atoms with E-state index >= 15 is 0 Å². The molecule has 0 heterocycles. The van der Waals surface area contributed by atoms with Crippen molar-refractivity contribution in [3.8, 4) is 0 Å². The lowest BCUT2D eigenvalue weighted by atomic mass is 9.91. The van der Waals surface area contributed by atoms with Gasteiger partial charge in [0.05, 0.1) is 0 Å². The van der Waals surface area contributed by atoms with Crippen LogP contribution >= 0.6 is 0 Å². The molecule has 0 aromatic carbocycles. The molecule has 0 N–H and O–H groups in total. The summed E-state index contributed by atoms with van der Waals surface area (Å²) in [7, 11) is 0. The fourth-order valence-electron chi connectivity index (χ4n) is 4.15. The highest BCUT2D eigenvalue weighted by atomic mass is 14.1. The fraction of sp³-hybridized carbons (Fsp3) is 1.00. The molecule has 0 amide bonds. The Balaban J connectivity index is -0.0000000926. The van der Waals surface area contributed by atoms with Crippen molar-refractivity contribution in [3.05, 3.63) is 0 Å². The molecule has 0 radical (unpaired) electrons. The van der Waals surface area contributed by atoms with Crippen LogP contribution in [-0.4, -0.2) is 0 Å². The van der Waals surface area contributed by atoms with Gasteiger partial charge in [0.1, 0.15) is 0 Å². The summed E-state index contributed by atoms with van der Waals surface area (Å²) in [4.78, 5) is 0. The van der Waals surface area contributed by atoms with Crippen molar-refractivity contribution in [1.29, 1.82) is 0 Å². The third kappa shape index (κ3) is 83.5. The first-order valence-corrected chi connectivity index (χ1v) is 19.4. The highest BCUT2D eigenvalue weighted by Crippen LogP contribution is 2.19. The van der Waals surface area contributed by atoms with Crippen LogP contribution in [0, 0.1) is 40.9 Å². The van der Waals surface area contributed by atoms with Gasteiger partial charge in [-0.1, -0.05) is 222 Å². The van der Waals surface area contributed by atoms with E-state index < -0.39 is 0 Å². The Bertz CT molecular complexity index is 385. The van der Waals surface area contributed by atoms with Crippen LogP contribution in [0.4, 0.5) is 0 Å². The zero-order chi connectivity index (χ0) is 34.6. The smallest absolute Gasteiger partial charge is 0.0383 e. The van der Waals surface area contributed by atoms with Crippen molar-refractivity contribution in [2.24, 2.45) is 40.9 Å². The molecule has 0 fully saturated rings. The topological polar surface area (TPSA) is 0 Å². The van der Waals surface area contributed by atoms with E-state index in [-0.39, 0.29) is 0 Å². The number of hydrogen-bond donors (Lipinski definition) is 0. The van der Waals surface area contributed by atoms with Crippen molar-refractivity contribution in [2.75, 3.05) is 0 Å². The zero-order valence-corrected chi connectivity index (χ0v) is 34.6. The van der Waals surface area contributed by atoms with E-state index in [0.717, 1.165) is 35.5 Å². The van der Waals surface area contributed by atoms with Crippen molar-refractivity contribution >= 4 is 0 Å². The van der Waals surface area contributed by atoms with Crippen molar-refractivity contribution in [2.45, 2.75) is 235 Å². The summed E-state index contributed by atoms with van der Waals surface area (Å²) in [5, 5.41) is 0. The van der Waals surface area contributed by atoms with E-state index in [1.165, 1.54) is 96.3 Å². The largest absolute Gasteiger partial charge is 0.0654 e. The third-order valence-electron chi connectivity index (χ3n) is 7.55. The summed E-state index contributed by atoms with van der Waals surface area (Å²) < 4.78 is 0. The normalized spacial score (nSPS) is 12.0. The zero-order valence-electron chi connectivity index (χ0n) is 34.6. The van der Waals surface area contributed by atoms with Crippen LogP contribution in [0.25, 0.3) is 0 Å². The van der Waals surface area contributed by atoms with E-state index in [1.54, 1.807) is 0 Å². The van der Waals surface area contributed by atoms with Gasteiger partial charge in [0.25, 0.3) is 0 Å². The molecule has 2 unspecified atom stereocenters. The summed E-state index contributed by atoms with van der Waals surface area (Å²) in [5.74, 6) is 5.37. The summed E-state index contributed by atoms with van der Waals surface area (Å²) >= 11 is 0. The molecule has 0 nitrogen and oxygen atoms in total. The first kappa shape index (κ1) is 54.5. The average molecular weight is 601 g/mol. The molecule has 0 aromatic rings. The second-order valence-corrected chi connectivity index (χ2v) is 15.9. The highest BCUT2D eigenvalue weighted by Gasteiger charge is 2.06. The quantitative estimate of drug-likeness (QED) is 0.164. The summed E-state index contributed by atoms with van der Waals surface area (Å²) in [6.07, 6.45) is 20.6. The molecule has 2 atom stereocenters. The van der Waals surface area contributed by atoms with E-state index in [9.17, 15) is 0 Å². The minimum Gasteiger partial charge on any atom is -0.0654 e. The van der Waals surface area contributed by atoms with Crippen molar-refractivity contribution in [3.63, 3.8) is 0 Å². The average Bonchev–Trinajstić information content (AvgIpc) is 2.87. The van der Waals surface area contributed by atoms with Gasteiger partial charge in [-0.05, 0) is 53.8 Å². The third-order valence-corrected chi connectivity index (χ3v) is 7.55. The lowest BCUT2D eigenvalue weighted by Gasteiger charge is -2.15. The molecule has 0 aliphatic rings. The predicted octanol–water partition coefficient (Wildman–Crippen LogP) is 16.9. The Morgan fingerprint density at radius 3 is 0.952 bits per heavy atom. The molecule has 0 saturated carbocycles. The Morgan fingerprint density at radius 2 is 0.857 bits per heavy atom. The molecule has 0 heteroatoms.